The number of hydrogen-bond acceptors (Lipinski definition) is 3. The fourth-order valence-electron chi connectivity index (χ4n) is 2.93. The number of para-hydroxylation sites is 1. The van der Waals surface area contributed by atoms with Crippen molar-refractivity contribution in [2.24, 2.45) is 0 Å². The van der Waals surface area contributed by atoms with E-state index in [1.807, 2.05) is 25.1 Å². The van der Waals surface area contributed by atoms with Gasteiger partial charge in [-0.15, -0.1) is 0 Å². The summed E-state index contributed by atoms with van der Waals surface area (Å²) in [6.07, 6.45) is 0.814. The van der Waals surface area contributed by atoms with Crippen molar-refractivity contribution in [3.8, 4) is 0 Å². The second kappa shape index (κ2) is 12.4. The van der Waals surface area contributed by atoms with E-state index in [2.05, 4.69) is 34.7 Å². The number of carbonyl (C=O) groups excluding carboxylic acids is 2. The summed E-state index contributed by atoms with van der Waals surface area (Å²) >= 11 is 12.1. The maximum absolute atomic E-state index is 12.4. The highest BCUT2D eigenvalue weighted by molar-refractivity contribution is 6.39. The van der Waals surface area contributed by atoms with Crippen molar-refractivity contribution in [1.29, 1.82) is 0 Å². The Balaban J connectivity index is 1.73. The van der Waals surface area contributed by atoms with E-state index in [0.29, 0.717) is 28.8 Å². The van der Waals surface area contributed by atoms with Crippen molar-refractivity contribution < 1.29 is 9.59 Å². The zero-order valence-corrected chi connectivity index (χ0v) is 18.8. The molecule has 0 aliphatic carbocycles. The quantitative estimate of drug-likeness (QED) is 0.524. The smallest absolute Gasteiger partial charge is 0.317 e. The third-order valence-corrected chi connectivity index (χ3v) is 5.15. The summed E-state index contributed by atoms with van der Waals surface area (Å²) < 4.78 is 0. The second-order valence-corrected chi connectivity index (χ2v) is 7.78. The van der Waals surface area contributed by atoms with Gasteiger partial charge in [-0.1, -0.05) is 59.6 Å². The lowest BCUT2D eigenvalue weighted by Gasteiger charge is -2.22. The molecule has 162 valence electrons. The number of urea groups is 1. The molecule has 2 N–H and O–H groups in total. The lowest BCUT2D eigenvalue weighted by atomic mass is 10.2. The number of anilines is 1. The Bertz CT molecular complexity index is 813. The van der Waals surface area contributed by atoms with Crippen LogP contribution in [0.5, 0.6) is 0 Å². The number of amides is 3. The van der Waals surface area contributed by atoms with E-state index < -0.39 is 0 Å². The first kappa shape index (κ1) is 24.0. The van der Waals surface area contributed by atoms with Crippen molar-refractivity contribution in [3.05, 3.63) is 64.1 Å². The predicted octanol–water partition coefficient (Wildman–Crippen LogP) is 4.49. The number of likely N-dealkylation sites (N-methyl/N-ethyl adjacent to an activating group) is 1. The summed E-state index contributed by atoms with van der Waals surface area (Å²) in [5.74, 6) is -0.357. The fourth-order valence-corrected chi connectivity index (χ4v) is 3.42. The molecule has 8 heteroatoms. The normalized spacial score (nSPS) is 10.7. The van der Waals surface area contributed by atoms with Crippen LogP contribution in [0.1, 0.15) is 18.9 Å². The number of benzene rings is 2. The highest BCUT2D eigenvalue weighted by atomic mass is 35.5. The number of nitrogens with one attached hydrogen (secondary N) is 2. The van der Waals surface area contributed by atoms with Crippen molar-refractivity contribution in [2.45, 2.75) is 19.9 Å². The molecule has 0 bridgehead atoms. The fraction of sp³-hybridized carbons (Fsp3) is 0.364. The third-order valence-electron chi connectivity index (χ3n) is 4.52. The molecule has 6 nitrogen and oxygen atoms in total. The molecule has 0 fully saturated rings. The molecule has 0 radical (unpaired) electrons. The molecule has 0 atom stereocenters. The Morgan fingerprint density at radius 3 is 2.30 bits per heavy atom. The lowest BCUT2D eigenvalue weighted by molar-refractivity contribution is -0.116. The van der Waals surface area contributed by atoms with Gasteiger partial charge in [0.2, 0.25) is 5.91 Å². The summed E-state index contributed by atoms with van der Waals surface area (Å²) in [6.45, 7) is 4.39. The second-order valence-electron chi connectivity index (χ2n) is 6.97. The van der Waals surface area contributed by atoms with Gasteiger partial charge in [0.25, 0.3) is 0 Å². The number of nitrogens with zero attached hydrogens (tertiary/aromatic N) is 2. The van der Waals surface area contributed by atoms with E-state index in [1.165, 1.54) is 10.5 Å². The highest BCUT2D eigenvalue weighted by Crippen LogP contribution is 2.29. The van der Waals surface area contributed by atoms with Crippen molar-refractivity contribution >= 4 is 40.8 Å². The van der Waals surface area contributed by atoms with Gasteiger partial charge in [-0.25, -0.2) is 4.79 Å². The first-order valence-electron chi connectivity index (χ1n) is 9.89. The van der Waals surface area contributed by atoms with Gasteiger partial charge in [0.1, 0.15) is 6.54 Å². The molecule has 2 aromatic carbocycles. The molecule has 0 spiro atoms. The number of halogens is 2. The van der Waals surface area contributed by atoms with Crippen molar-refractivity contribution in [1.82, 2.24) is 15.1 Å². The van der Waals surface area contributed by atoms with Gasteiger partial charge in [0.05, 0.1) is 15.7 Å². The Hall–Kier alpha value is -2.28. The number of rotatable bonds is 10. The SMILES string of the molecule is CCN(CC(=O)Nc1c(Cl)cccc1Cl)C(=O)NCCCN(C)Cc1ccccc1. The van der Waals surface area contributed by atoms with E-state index >= 15 is 0 Å². The largest absolute Gasteiger partial charge is 0.338 e. The van der Waals surface area contributed by atoms with E-state index in [0.717, 1.165) is 19.5 Å². The van der Waals surface area contributed by atoms with Crippen LogP contribution in [0.4, 0.5) is 10.5 Å². The lowest BCUT2D eigenvalue weighted by Crippen LogP contribution is -2.44. The van der Waals surface area contributed by atoms with E-state index in [-0.39, 0.29) is 18.5 Å². The van der Waals surface area contributed by atoms with Crippen molar-refractivity contribution in [2.75, 3.05) is 38.5 Å². The van der Waals surface area contributed by atoms with E-state index in [9.17, 15) is 9.59 Å². The van der Waals surface area contributed by atoms with Crippen LogP contribution in [0.25, 0.3) is 0 Å². The first-order chi connectivity index (χ1) is 14.4. The van der Waals surface area contributed by atoms with Gasteiger partial charge in [-0.2, -0.15) is 0 Å². The molecule has 0 saturated heterocycles. The monoisotopic (exact) mass is 450 g/mol. The molecule has 0 heterocycles. The molecule has 0 aliphatic heterocycles. The number of carbonyl (C=O) groups is 2. The third kappa shape index (κ3) is 7.86. The maximum Gasteiger partial charge on any atom is 0.317 e. The summed E-state index contributed by atoms with van der Waals surface area (Å²) in [6, 6.07) is 15.0. The van der Waals surface area contributed by atoms with Gasteiger partial charge in [0.15, 0.2) is 0 Å². The van der Waals surface area contributed by atoms with E-state index in [1.54, 1.807) is 18.2 Å². The molecule has 0 aromatic heterocycles. The maximum atomic E-state index is 12.4. The van der Waals surface area contributed by atoms with Crippen LogP contribution in [0, 0.1) is 0 Å². The molecule has 2 rings (SSSR count). The van der Waals surface area contributed by atoms with Gasteiger partial charge in [-0.05, 0) is 44.6 Å². The molecule has 3 amide bonds. The van der Waals surface area contributed by atoms with Crippen LogP contribution in [-0.4, -0.2) is 55.0 Å². The van der Waals surface area contributed by atoms with Gasteiger partial charge < -0.3 is 20.4 Å². The van der Waals surface area contributed by atoms with Crippen LogP contribution in [-0.2, 0) is 11.3 Å². The zero-order valence-electron chi connectivity index (χ0n) is 17.3. The number of hydrogen-bond donors (Lipinski definition) is 2. The summed E-state index contributed by atoms with van der Waals surface area (Å²) in [4.78, 5) is 28.4. The van der Waals surface area contributed by atoms with E-state index in [4.69, 9.17) is 23.2 Å². The van der Waals surface area contributed by atoms with Crippen LogP contribution in [0.2, 0.25) is 10.0 Å². The summed E-state index contributed by atoms with van der Waals surface area (Å²) in [5, 5.41) is 6.25. The first-order valence-corrected chi connectivity index (χ1v) is 10.7. The van der Waals surface area contributed by atoms with Gasteiger partial charge in [0, 0.05) is 19.6 Å². The Morgan fingerprint density at radius 1 is 1.00 bits per heavy atom. The zero-order chi connectivity index (χ0) is 21.9. The standard InChI is InChI=1S/C22H28Cl2N4O2/c1-3-28(16-20(29)26-21-18(23)11-7-12-19(21)24)22(30)25-13-8-14-27(2)15-17-9-5-4-6-10-17/h4-7,9-12H,3,8,13-16H2,1-2H3,(H,25,30)(H,26,29). The minimum Gasteiger partial charge on any atom is -0.338 e. The van der Waals surface area contributed by atoms with Gasteiger partial charge in [-0.3, -0.25) is 4.79 Å². The minimum atomic E-state index is -0.357. The topological polar surface area (TPSA) is 64.7 Å². The minimum absolute atomic E-state index is 0.0855. The molecule has 30 heavy (non-hydrogen) atoms. The van der Waals surface area contributed by atoms with Crippen LogP contribution in [0.3, 0.4) is 0 Å². The predicted molar refractivity (Wildman–Crippen MR) is 123 cm³/mol. The van der Waals surface area contributed by atoms with Crippen LogP contribution in [0.15, 0.2) is 48.5 Å². The van der Waals surface area contributed by atoms with Crippen molar-refractivity contribution in [3.63, 3.8) is 0 Å². The average molecular weight is 451 g/mol. The molecule has 2 aromatic rings. The van der Waals surface area contributed by atoms with Crippen LogP contribution >= 0.6 is 23.2 Å². The van der Waals surface area contributed by atoms with Crippen LogP contribution < -0.4 is 10.6 Å². The highest BCUT2D eigenvalue weighted by Gasteiger charge is 2.17. The van der Waals surface area contributed by atoms with Gasteiger partial charge >= 0.3 is 6.03 Å². The molecule has 0 aliphatic rings. The Morgan fingerprint density at radius 2 is 1.67 bits per heavy atom. The Kier molecular flexibility index (Phi) is 9.94. The molecular weight excluding hydrogens is 423 g/mol. The molecule has 0 saturated carbocycles. The summed E-state index contributed by atoms with van der Waals surface area (Å²) in [5.41, 5.74) is 1.61. The summed E-state index contributed by atoms with van der Waals surface area (Å²) in [7, 11) is 2.05. The Labute approximate surface area is 188 Å². The molecule has 0 unspecified atom stereocenters. The average Bonchev–Trinajstić information content (AvgIpc) is 2.72. The molecular formula is C22H28Cl2N4O2.